The van der Waals surface area contributed by atoms with Crippen molar-refractivity contribution in [2.24, 2.45) is 0 Å². The van der Waals surface area contributed by atoms with Crippen LogP contribution in [0.3, 0.4) is 0 Å². The van der Waals surface area contributed by atoms with Gasteiger partial charge in [-0.2, -0.15) is 29.9 Å². The first-order valence-electron chi connectivity index (χ1n) is 10.9. The lowest BCUT2D eigenvalue weighted by Gasteiger charge is -2.17. The molecule has 0 atom stereocenters. The first-order valence-corrected chi connectivity index (χ1v) is 10.9. The molecule has 0 saturated carbocycles. The van der Waals surface area contributed by atoms with E-state index in [1.54, 1.807) is 12.5 Å². The van der Waals surface area contributed by atoms with E-state index < -0.39 is 0 Å². The highest BCUT2D eigenvalue weighted by Crippen LogP contribution is 2.16. The molecule has 35 heavy (non-hydrogen) atoms. The van der Waals surface area contributed by atoms with E-state index in [0.717, 1.165) is 29.1 Å². The van der Waals surface area contributed by atoms with Gasteiger partial charge in [-0.15, -0.1) is 0 Å². The minimum Gasteiger partial charge on any atom is -0.469 e. The van der Waals surface area contributed by atoms with Crippen LogP contribution in [0, 0.1) is 6.92 Å². The molecule has 4 heterocycles. The number of anilines is 6. The molecule has 0 fully saturated rings. The number of hydrogen-bond donors (Lipinski definition) is 5. The Hall–Kier alpha value is -4.62. The van der Waals surface area contributed by atoms with E-state index in [4.69, 9.17) is 26.0 Å². The number of hydrogen-bond acceptors (Lipinski definition) is 14. The first kappa shape index (κ1) is 23.5. The largest absolute Gasteiger partial charge is 0.469 e. The van der Waals surface area contributed by atoms with E-state index >= 15 is 0 Å². The van der Waals surface area contributed by atoms with Crippen LogP contribution in [0.25, 0.3) is 0 Å². The minimum absolute atomic E-state index is 0.0676. The predicted molar refractivity (Wildman–Crippen MR) is 132 cm³/mol. The van der Waals surface area contributed by atoms with E-state index in [1.165, 1.54) is 0 Å². The third-order valence-corrected chi connectivity index (χ3v) is 5.16. The smallest absolute Gasteiger partial charge is 0.231 e. The van der Waals surface area contributed by atoms with Crippen molar-refractivity contribution in [2.75, 3.05) is 52.9 Å². The number of nitrogens with two attached hydrogens (primary N) is 3. The lowest BCUT2D eigenvalue weighted by molar-refractivity contribution is 0.515. The second kappa shape index (κ2) is 10.5. The van der Waals surface area contributed by atoms with Crippen LogP contribution >= 0.6 is 0 Å². The van der Waals surface area contributed by atoms with Gasteiger partial charge >= 0.3 is 0 Å². The summed E-state index contributed by atoms with van der Waals surface area (Å²) in [6, 6.07) is 3.90. The van der Waals surface area contributed by atoms with Crippen LogP contribution in [-0.4, -0.2) is 50.0 Å². The van der Waals surface area contributed by atoms with Gasteiger partial charge in [0.15, 0.2) is 0 Å². The summed E-state index contributed by atoms with van der Waals surface area (Å²) in [7, 11) is 1.90. The third kappa shape index (κ3) is 6.46. The number of furan rings is 2. The molecule has 0 amide bonds. The first-order chi connectivity index (χ1) is 16.9. The number of nitrogens with zero attached hydrogens (tertiary/aromatic N) is 7. The van der Waals surface area contributed by atoms with E-state index in [9.17, 15) is 0 Å². The molecule has 8 N–H and O–H groups in total. The van der Waals surface area contributed by atoms with Gasteiger partial charge in [-0.3, -0.25) is 0 Å². The van der Waals surface area contributed by atoms with Crippen molar-refractivity contribution in [1.82, 2.24) is 29.9 Å². The summed E-state index contributed by atoms with van der Waals surface area (Å²) >= 11 is 0. The number of likely N-dealkylation sites (N-methyl/N-ethyl adjacent to an activating group) is 1. The molecule has 0 aromatic carbocycles. The van der Waals surface area contributed by atoms with Crippen LogP contribution in [0.5, 0.6) is 0 Å². The molecule has 4 aromatic rings. The number of aryl methyl sites for hydroxylation is 1. The number of nitrogens with one attached hydrogen (secondary N) is 2. The average molecular weight is 481 g/mol. The number of rotatable bonds is 11. The maximum Gasteiger partial charge on any atom is 0.231 e. The maximum atomic E-state index is 5.90. The molecule has 0 aliphatic carbocycles. The Bertz CT molecular complexity index is 1250. The van der Waals surface area contributed by atoms with Gasteiger partial charge in [0.25, 0.3) is 0 Å². The molecule has 14 nitrogen and oxygen atoms in total. The van der Waals surface area contributed by atoms with E-state index in [-0.39, 0.29) is 17.8 Å². The van der Waals surface area contributed by atoms with Gasteiger partial charge in [0.2, 0.25) is 35.7 Å². The van der Waals surface area contributed by atoms with Gasteiger partial charge in [-0.05, 0) is 43.0 Å². The van der Waals surface area contributed by atoms with Crippen molar-refractivity contribution in [3.63, 3.8) is 0 Å². The fourth-order valence-electron chi connectivity index (χ4n) is 3.31. The third-order valence-electron chi connectivity index (χ3n) is 5.16. The van der Waals surface area contributed by atoms with Gasteiger partial charge in [0.1, 0.15) is 11.5 Å². The Labute approximate surface area is 201 Å². The Kier molecular flexibility index (Phi) is 7.09. The monoisotopic (exact) mass is 480 g/mol. The molecule has 0 saturated heterocycles. The van der Waals surface area contributed by atoms with Crippen LogP contribution in [-0.2, 0) is 19.4 Å². The molecule has 184 valence electrons. The summed E-state index contributed by atoms with van der Waals surface area (Å²) in [5.41, 5.74) is 19.2. The van der Waals surface area contributed by atoms with Gasteiger partial charge in [0, 0.05) is 20.1 Å². The van der Waals surface area contributed by atoms with Gasteiger partial charge in [0.05, 0.1) is 19.1 Å². The molecule has 0 aliphatic rings. The number of aromatic nitrogens is 6. The van der Waals surface area contributed by atoms with E-state index in [1.807, 2.05) is 31.0 Å². The molecule has 4 rings (SSSR count). The number of nitrogen functional groups attached to an aromatic ring is 3. The standard InChI is InChI=1S/C21H28N12O2/c1-12-14(5-8-34-12)4-7-33(2)21-31-18(24)30-20(32-21)26-10-15-9-13(11-35-15)3-6-25-19-28-16(22)27-17(23)29-19/h5,8-9,11H,3-4,6-7,10H2,1-2H3,(H3,24,26,30,31,32)(H5,22,23,25,27,28,29). The fraction of sp³-hybridized carbons (Fsp3) is 0.333. The zero-order chi connectivity index (χ0) is 24.8. The molecular formula is C21H28N12O2. The molecule has 4 aromatic heterocycles. The lowest BCUT2D eigenvalue weighted by Crippen LogP contribution is -2.24. The van der Waals surface area contributed by atoms with Gasteiger partial charge < -0.3 is 41.6 Å². The average Bonchev–Trinajstić information content (AvgIpc) is 3.43. The fourth-order valence-corrected chi connectivity index (χ4v) is 3.31. The molecular weight excluding hydrogens is 452 g/mol. The summed E-state index contributed by atoms with van der Waals surface area (Å²) in [4.78, 5) is 26.5. The molecule has 0 spiro atoms. The summed E-state index contributed by atoms with van der Waals surface area (Å²) < 4.78 is 11.0. The van der Waals surface area contributed by atoms with E-state index in [0.29, 0.717) is 43.9 Å². The Balaban J connectivity index is 1.28. The Morgan fingerprint density at radius 3 is 2.31 bits per heavy atom. The SMILES string of the molecule is Cc1occc1CCN(C)c1nc(N)nc(NCc2cc(CCNc3nc(N)nc(N)n3)co2)n1. The quantitative estimate of drug-likeness (QED) is 0.204. The lowest BCUT2D eigenvalue weighted by atomic mass is 10.2. The van der Waals surface area contributed by atoms with E-state index in [2.05, 4.69) is 40.5 Å². The Morgan fingerprint density at radius 2 is 1.60 bits per heavy atom. The second-order valence-electron chi connectivity index (χ2n) is 7.82. The van der Waals surface area contributed by atoms with Crippen LogP contribution < -0.4 is 32.7 Å². The topological polar surface area (TPSA) is 209 Å². The van der Waals surface area contributed by atoms with Crippen molar-refractivity contribution in [2.45, 2.75) is 26.3 Å². The van der Waals surface area contributed by atoms with Crippen molar-refractivity contribution < 1.29 is 8.83 Å². The summed E-state index contributed by atoms with van der Waals surface area (Å²) in [5, 5.41) is 6.19. The molecule has 0 bridgehead atoms. The van der Waals surface area contributed by atoms with Crippen LogP contribution in [0.15, 0.2) is 33.5 Å². The molecule has 0 aliphatic heterocycles. The molecule has 0 unspecified atom stereocenters. The minimum atomic E-state index is 0.0676. The van der Waals surface area contributed by atoms with Gasteiger partial charge in [-0.1, -0.05) is 0 Å². The summed E-state index contributed by atoms with van der Waals surface area (Å²) in [6.45, 7) is 3.58. The maximum absolute atomic E-state index is 5.90. The second-order valence-corrected chi connectivity index (χ2v) is 7.82. The van der Waals surface area contributed by atoms with Crippen molar-refractivity contribution >= 4 is 35.7 Å². The summed E-state index contributed by atoms with van der Waals surface area (Å²) in [5.74, 6) is 3.07. The normalized spacial score (nSPS) is 10.9. The Morgan fingerprint density at radius 1 is 0.886 bits per heavy atom. The van der Waals surface area contributed by atoms with Crippen LogP contribution in [0.1, 0.15) is 22.6 Å². The van der Waals surface area contributed by atoms with Crippen molar-refractivity contribution in [3.8, 4) is 0 Å². The van der Waals surface area contributed by atoms with Crippen molar-refractivity contribution in [1.29, 1.82) is 0 Å². The van der Waals surface area contributed by atoms with Gasteiger partial charge in [-0.25, -0.2) is 0 Å². The predicted octanol–water partition coefficient (Wildman–Crippen LogP) is 1.24. The highest BCUT2D eigenvalue weighted by molar-refractivity contribution is 5.42. The summed E-state index contributed by atoms with van der Waals surface area (Å²) in [6.07, 6.45) is 4.85. The molecule has 14 heteroatoms. The zero-order valence-corrected chi connectivity index (χ0v) is 19.5. The van der Waals surface area contributed by atoms with Crippen LogP contribution in [0.2, 0.25) is 0 Å². The van der Waals surface area contributed by atoms with Crippen LogP contribution in [0.4, 0.5) is 35.7 Å². The van der Waals surface area contributed by atoms with Crippen molar-refractivity contribution in [3.05, 3.63) is 47.3 Å². The molecule has 0 radical (unpaired) electrons. The highest BCUT2D eigenvalue weighted by Gasteiger charge is 2.11. The zero-order valence-electron chi connectivity index (χ0n) is 19.5. The highest BCUT2D eigenvalue weighted by atomic mass is 16.3.